The number of halogens is 3. The molecule has 4 nitrogen and oxygen atoms in total. The molecule has 4 rings (SSSR count). The van der Waals surface area contributed by atoms with Crippen molar-refractivity contribution >= 4 is 16.6 Å². The second-order valence-corrected chi connectivity index (χ2v) is 6.22. The average molecular weight is 359 g/mol. The third kappa shape index (κ3) is 3.22. The predicted molar refractivity (Wildman–Crippen MR) is 92.8 cm³/mol. The first-order valence-corrected chi connectivity index (χ1v) is 8.30. The van der Waals surface area contributed by atoms with Gasteiger partial charge in [0, 0.05) is 22.9 Å². The summed E-state index contributed by atoms with van der Waals surface area (Å²) in [6.45, 7) is 1.34. The van der Waals surface area contributed by atoms with Crippen molar-refractivity contribution in [1.29, 1.82) is 0 Å². The summed E-state index contributed by atoms with van der Waals surface area (Å²) in [5.74, 6) is 0.659. The lowest BCUT2D eigenvalue weighted by Gasteiger charge is -2.14. The van der Waals surface area contributed by atoms with Crippen molar-refractivity contribution in [2.24, 2.45) is 0 Å². The fourth-order valence-electron chi connectivity index (χ4n) is 3.08. The Bertz CT molecular complexity index is 919. The van der Waals surface area contributed by atoms with Crippen molar-refractivity contribution in [2.45, 2.75) is 18.6 Å². The fraction of sp³-hybridized carbons (Fsp3) is 0.263. The molecule has 0 amide bonds. The molecule has 1 atom stereocenters. The highest BCUT2D eigenvalue weighted by molar-refractivity contribution is 6.00. The molecule has 1 fully saturated rings. The van der Waals surface area contributed by atoms with Crippen molar-refractivity contribution in [3.63, 3.8) is 0 Å². The van der Waals surface area contributed by atoms with Crippen LogP contribution in [0.1, 0.15) is 12.0 Å². The molecule has 0 spiro atoms. The first kappa shape index (κ1) is 16.8. The molecule has 0 aliphatic carbocycles. The lowest BCUT2D eigenvalue weighted by atomic mass is 10.0. The van der Waals surface area contributed by atoms with Crippen LogP contribution in [0.25, 0.3) is 22.0 Å². The Hall–Kier alpha value is -2.67. The zero-order chi connectivity index (χ0) is 18.1. The van der Waals surface area contributed by atoms with Gasteiger partial charge in [-0.2, -0.15) is 13.2 Å². The molecule has 3 aromatic rings. The Kier molecular flexibility index (Phi) is 4.24. The largest absolute Gasteiger partial charge is 0.416 e. The zero-order valence-electron chi connectivity index (χ0n) is 13.8. The minimum atomic E-state index is -4.36. The number of nitrogens with one attached hydrogen (secondary N) is 1. The molecule has 1 aromatic heterocycles. The Labute approximate surface area is 148 Å². The molecule has 0 saturated carbocycles. The molecular weight excluding hydrogens is 343 g/mol. The number of alkyl halides is 3. The monoisotopic (exact) mass is 359 g/mol. The van der Waals surface area contributed by atoms with E-state index in [0.29, 0.717) is 30.3 Å². The number of rotatable bonds is 3. The highest BCUT2D eigenvalue weighted by Crippen LogP contribution is 2.33. The summed E-state index contributed by atoms with van der Waals surface area (Å²) in [5, 5.41) is 13.6. The standard InChI is InChI=1S/C19H16F3N3O/c20-19(21,22)13-7-5-12(6-8-13)17-15-3-1-2-4-16(15)18(25-24-17)23-14-9-10-26-11-14/h1-8,14H,9-11H2,(H,23,25). The quantitative estimate of drug-likeness (QED) is 0.747. The van der Waals surface area contributed by atoms with E-state index in [1.807, 2.05) is 24.3 Å². The number of hydrogen-bond acceptors (Lipinski definition) is 4. The van der Waals surface area contributed by atoms with Gasteiger partial charge in [0.2, 0.25) is 0 Å². The lowest BCUT2D eigenvalue weighted by Crippen LogP contribution is -2.20. The number of nitrogens with zero attached hydrogens (tertiary/aromatic N) is 2. The Balaban J connectivity index is 1.74. The Morgan fingerprint density at radius 1 is 0.962 bits per heavy atom. The van der Waals surface area contributed by atoms with Crippen LogP contribution in [0.15, 0.2) is 48.5 Å². The maximum absolute atomic E-state index is 12.8. The molecule has 0 radical (unpaired) electrons. The van der Waals surface area contributed by atoms with Crippen LogP contribution in [0.3, 0.4) is 0 Å². The summed E-state index contributed by atoms with van der Waals surface area (Å²) in [4.78, 5) is 0. The molecule has 26 heavy (non-hydrogen) atoms. The fourth-order valence-corrected chi connectivity index (χ4v) is 3.08. The molecule has 2 heterocycles. The molecule has 1 aliphatic heterocycles. The van der Waals surface area contributed by atoms with Crippen LogP contribution in [-0.2, 0) is 10.9 Å². The summed E-state index contributed by atoms with van der Waals surface area (Å²) in [7, 11) is 0. The van der Waals surface area contributed by atoms with Gasteiger partial charge >= 0.3 is 6.18 Å². The van der Waals surface area contributed by atoms with Gasteiger partial charge in [0.15, 0.2) is 5.82 Å². The van der Waals surface area contributed by atoms with E-state index in [1.54, 1.807) is 0 Å². The maximum Gasteiger partial charge on any atom is 0.416 e. The van der Waals surface area contributed by atoms with E-state index in [1.165, 1.54) is 12.1 Å². The lowest BCUT2D eigenvalue weighted by molar-refractivity contribution is -0.137. The van der Waals surface area contributed by atoms with Gasteiger partial charge in [-0.15, -0.1) is 10.2 Å². The van der Waals surface area contributed by atoms with Gasteiger partial charge in [0.1, 0.15) is 5.69 Å². The van der Waals surface area contributed by atoms with E-state index >= 15 is 0 Å². The molecule has 1 N–H and O–H groups in total. The van der Waals surface area contributed by atoms with Crippen LogP contribution in [-0.4, -0.2) is 29.5 Å². The van der Waals surface area contributed by atoms with E-state index in [4.69, 9.17) is 4.74 Å². The number of anilines is 1. The number of hydrogen-bond donors (Lipinski definition) is 1. The van der Waals surface area contributed by atoms with Crippen molar-refractivity contribution in [1.82, 2.24) is 10.2 Å². The highest BCUT2D eigenvalue weighted by Gasteiger charge is 2.30. The van der Waals surface area contributed by atoms with Crippen LogP contribution in [0.5, 0.6) is 0 Å². The third-order valence-corrected chi connectivity index (χ3v) is 4.44. The van der Waals surface area contributed by atoms with Gasteiger partial charge in [-0.3, -0.25) is 0 Å². The summed E-state index contributed by atoms with van der Waals surface area (Å²) < 4.78 is 43.7. The van der Waals surface area contributed by atoms with Crippen LogP contribution >= 0.6 is 0 Å². The van der Waals surface area contributed by atoms with Gasteiger partial charge in [0.25, 0.3) is 0 Å². The molecule has 2 aromatic carbocycles. The number of fused-ring (bicyclic) bond motifs is 1. The Morgan fingerprint density at radius 2 is 1.69 bits per heavy atom. The van der Waals surface area contributed by atoms with E-state index in [-0.39, 0.29) is 6.04 Å². The molecule has 0 bridgehead atoms. The van der Waals surface area contributed by atoms with Gasteiger partial charge in [-0.25, -0.2) is 0 Å². The van der Waals surface area contributed by atoms with E-state index < -0.39 is 11.7 Å². The molecule has 1 unspecified atom stereocenters. The topological polar surface area (TPSA) is 47.0 Å². The first-order chi connectivity index (χ1) is 12.5. The molecule has 1 saturated heterocycles. The minimum absolute atomic E-state index is 0.185. The number of aromatic nitrogens is 2. The summed E-state index contributed by atoms with van der Waals surface area (Å²) in [6, 6.07) is 12.8. The molecular formula is C19H16F3N3O. The molecule has 1 aliphatic rings. The molecule has 134 valence electrons. The van der Waals surface area contributed by atoms with Crippen LogP contribution in [0.4, 0.5) is 19.0 Å². The number of ether oxygens (including phenoxy) is 1. The molecule has 7 heteroatoms. The average Bonchev–Trinajstić information content (AvgIpc) is 3.15. The minimum Gasteiger partial charge on any atom is -0.379 e. The van der Waals surface area contributed by atoms with Crippen molar-refractivity contribution in [3.05, 3.63) is 54.1 Å². The third-order valence-electron chi connectivity index (χ3n) is 4.44. The van der Waals surface area contributed by atoms with E-state index in [2.05, 4.69) is 15.5 Å². The van der Waals surface area contributed by atoms with Crippen LogP contribution < -0.4 is 5.32 Å². The number of benzene rings is 2. The van der Waals surface area contributed by atoms with Crippen molar-refractivity contribution in [3.8, 4) is 11.3 Å². The van der Waals surface area contributed by atoms with Crippen LogP contribution in [0.2, 0.25) is 0 Å². The normalized spacial score (nSPS) is 17.6. The summed E-state index contributed by atoms with van der Waals surface area (Å²) in [5.41, 5.74) is 0.470. The van der Waals surface area contributed by atoms with Crippen molar-refractivity contribution in [2.75, 3.05) is 18.5 Å². The van der Waals surface area contributed by atoms with Gasteiger partial charge in [0.05, 0.1) is 18.2 Å². The maximum atomic E-state index is 12.8. The summed E-state index contributed by atoms with van der Waals surface area (Å²) >= 11 is 0. The van der Waals surface area contributed by atoms with E-state index in [0.717, 1.165) is 29.3 Å². The summed E-state index contributed by atoms with van der Waals surface area (Å²) in [6.07, 6.45) is -3.46. The first-order valence-electron chi connectivity index (χ1n) is 8.30. The smallest absolute Gasteiger partial charge is 0.379 e. The van der Waals surface area contributed by atoms with Gasteiger partial charge in [-0.1, -0.05) is 36.4 Å². The Morgan fingerprint density at radius 3 is 2.35 bits per heavy atom. The van der Waals surface area contributed by atoms with E-state index in [9.17, 15) is 13.2 Å². The SMILES string of the molecule is FC(F)(F)c1ccc(-c2nnc(NC3CCOC3)c3ccccc23)cc1. The van der Waals surface area contributed by atoms with Crippen LogP contribution in [0, 0.1) is 0 Å². The second kappa shape index (κ2) is 6.57. The van der Waals surface area contributed by atoms with Gasteiger partial charge in [-0.05, 0) is 18.6 Å². The highest BCUT2D eigenvalue weighted by atomic mass is 19.4. The van der Waals surface area contributed by atoms with Gasteiger partial charge < -0.3 is 10.1 Å². The zero-order valence-corrected chi connectivity index (χ0v) is 13.8. The van der Waals surface area contributed by atoms with Crippen molar-refractivity contribution < 1.29 is 17.9 Å². The second-order valence-electron chi connectivity index (χ2n) is 6.22. The predicted octanol–water partition coefficient (Wildman–Crippen LogP) is 4.52.